The predicted octanol–water partition coefficient (Wildman–Crippen LogP) is 0.892. The lowest BCUT2D eigenvalue weighted by atomic mass is 10.3. The molecule has 8 heteroatoms. The van der Waals surface area contributed by atoms with Crippen LogP contribution in [0.2, 0.25) is 0 Å². The molecule has 0 atom stereocenters. The van der Waals surface area contributed by atoms with Crippen LogP contribution in [-0.2, 0) is 9.47 Å². The van der Waals surface area contributed by atoms with Gasteiger partial charge in [0.25, 0.3) is 0 Å². The number of carbonyl (C=O) groups is 1. The predicted molar refractivity (Wildman–Crippen MR) is 80.3 cm³/mol. The molecule has 0 aromatic carbocycles. The Morgan fingerprint density at radius 3 is 2.90 bits per heavy atom. The molecule has 1 aromatic rings. The van der Waals surface area contributed by atoms with Crippen molar-refractivity contribution in [3.63, 3.8) is 0 Å². The number of anilines is 2. The molecule has 1 rings (SSSR count). The van der Waals surface area contributed by atoms with Crippen molar-refractivity contribution in [2.45, 2.75) is 6.92 Å². The Labute approximate surface area is 123 Å². The maximum atomic E-state index is 11.8. The Kier molecular flexibility index (Phi) is 7.27. The van der Waals surface area contributed by atoms with Gasteiger partial charge in [-0.05, 0) is 25.5 Å². The zero-order valence-corrected chi connectivity index (χ0v) is 13.0. The maximum absolute atomic E-state index is 11.8. The van der Waals surface area contributed by atoms with Gasteiger partial charge in [-0.3, -0.25) is 0 Å². The molecule has 114 valence electrons. The Hall–Kier alpha value is -1.38. The average Bonchev–Trinajstić information content (AvgIpc) is 2.78. The summed E-state index contributed by atoms with van der Waals surface area (Å²) in [6.07, 6.45) is 0. The second kappa shape index (κ2) is 8.72. The fraction of sp³-hybridized carbons (Fsp3) is 0.667. The SMILES string of the molecule is CCOC(=O)c1c(N)nsc1NCCN(C)CCOC. The lowest BCUT2D eigenvalue weighted by Gasteiger charge is -2.16. The second-order valence-electron chi connectivity index (χ2n) is 4.22. The molecule has 0 unspecified atom stereocenters. The summed E-state index contributed by atoms with van der Waals surface area (Å²) in [5.74, 6) is -0.224. The molecule has 20 heavy (non-hydrogen) atoms. The minimum Gasteiger partial charge on any atom is -0.462 e. The van der Waals surface area contributed by atoms with E-state index in [0.29, 0.717) is 30.3 Å². The minimum absolute atomic E-state index is 0.212. The molecule has 1 heterocycles. The van der Waals surface area contributed by atoms with Crippen LogP contribution < -0.4 is 11.1 Å². The van der Waals surface area contributed by atoms with E-state index in [1.165, 1.54) is 11.5 Å². The van der Waals surface area contributed by atoms with E-state index >= 15 is 0 Å². The number of nitrogen functional groups attached to an aromatic ring is 1. The van der Waals surface area contributed by atoms with E-state index < -0.39 is 5.97 Å². The van der Waals surface area contributed by atoms with Crippen LogP contribution in [0.3, 0.4) is 0 Å². The van der Waals surface area contributed by atoms with Gasteiger partial charge in [0.1, 0.15) is 10.6 Å². The summed E-state index contributed by atoms with van der Waals surface area (Å²) in [5.41, 5.74) is 6.03. The van der Waals surface area contributed by atoms with E-state index in [1.54, 1.807) is 14.0 Å². The number of esters is 1. The van der Waals surface area contributed by atoms with E-state index in [4.69, 9.17) is 15.2 Å². The number of rotatable bonds is 9. The van der Waals surface area contributed by atoms with Crippen LogP contribution in [0.1, 0.15) is 17.3 Å². The quantitative estimate of drug-likeness (QED) is 0.655. The van der Waals surface area contributed by atoms with Crippen LogP contribution in [0.5, 0.6) is 0 Å². The van der Waals surface area contributed by atoms with Gasteiger partial charge in [-0.1, -0.05) is 0 Å². The molecule has 0 amide bonds. The molecule has 7 nitrogen and oxygen atoms in total. The summed E-state index contributed by atoms with van der Waals surface area (Å²) in [6, 6.07) is 0. The third kappa shape index (κ3) is 4.95. The molecule has 3 N–H and O–H groups in total. The topological polar surface area (TPSA) is 89.7 Å². The van der Waals surface area contributed by atoms with Gasteiger partial charge in [0, 0.05) is 26.7 Å². The van der Waals surface area contributed by atoms with Gasteiger partial charge in [-0.25, -0.2) is 4.79 Å². The lowest BCUT2D eigenvalue weighted by molar-refractivity contribution is 0.0529. The Bertz CT molecular complexity index is 425. The highest BCUT2D eigenvalue weighted by Gasteiger charge is 2.20. The molecule has 0 aliphatic rings. The lowest BCUT2D eigenvalue weighted by Crippen LogP contribution is -2.28. The molecule has 0 bridgehead atoms. The van der Waals surface area contributed by atoms with Gasteiger partial charge in [0.2, 0.25) is 0 Å². The summed E-state index contributed by atoms with van der Waals surface area (Å²) < 4.78 is 14.0. The van der Waals surface area contributed by atoms with Gasteiger partial charge >= 0.3 is 5.97 Å². The van der Waals surface area contributed by atoms with Crippen LogP contribution in [0.25, 0.3) is 0 Å². The van der Waals surface area contributed by atoms with E-state index in [-0.39, 0.29) is 5.82 Å². The van der Waals surface area contributed by atoms with Crippen LogP contribution in [0.4, 0.5) is 10.8 Å². The fourth-order valence-electron chi connectivity index (χ4n) is 1.54. The van der Waals surface area contributed by atoms with Gasteiger partial charge in [0.05, 0.1) is 13.2 Å². The van der Waals surface area contributed by atoms with Crippen LogP contribution in [0.15, 0.2) is 0 Å². The van der Waals surface area contributed by atoms with Crippen molar-refractivity contribution in [3.05, 3.63) is 5.56 Å². The van der Waals surface area contributed by atoms with Crippen molar-refractivity contribution in [1.82, 2.24) is 9.27 Å². The normalized spacial score (nSPS) is 10.8. The summed E-state index contributed by atoms with van der Waals surface area (Å²) >= 11 is 1.17. The molecule has 0 aliphatic heterocycles. The number of likely N-dealkylation sites (N-methyl/N-ethyl adjacent to an activating group) is 1. The Morgan fingerprint density at radius 2 is 2.25 bits per heavy atom. The summed E-state index contributed by atoms with van der Waals surface area (Å²) in [7, 11) is 3.69. The van der Waals surface area contributed by atoms with Crippen molar-refractivity contribution in [2.24, 2.45) is 0 Å². The third-order valence-electron chi connectivity index (χ3n) is 2.65. The standard InChI is InChI=1S/C12H22N4O3S/c1-4-19-12(17)9-10(13)15-20-11(9)14-5-6-16(2)7-8-18-3/h14H,4-8H2,1-3H3,(H2,13,15). The van der Waals surface area contributed by atoms with E-state index in [0.717, 1.165) is 13.1 Å². The molecule has 0 radical (unpaired) electrons. The molecule has 0 aliphatic carbocycles. The monoisotopic (exact) mass is 302 g/mol. The number of nitrogens with one attached hydrogen (secondary N) is 1. The Balaban J connectivity index is 2.50. The van der Waals surface area contributed by atoms with E-state index in [2.05, 4.69) is 14.6 Å². The highest BCUT2D eigenvalue weighted by molar-refractivity contribution is 7.11. The number of hydrogen-bond donors (Lipinski definition) is 2. The van der Waals surface area contributed by atoms with Crippen molar-refractivity contribution in [1.29, 1.82) is 0 Å². The molecular formula is C12H22N4O3S. The molecule has 0 fully saturated rings. The largest absolute Gasteiger partial charge is 0.462 e. The smallest absolute Gasteiger partial charge is 0.344 e. The molecule has 0 spiro atoms. The third-order valence-corrected chi connectivity index (χ3v) is 3.47. The number of methoxy groups -OCH3 is 1. The number of nitrogens with two attached hydrogens (primary N) is 1. The van der Waals surface area contributed by atoms with Gasteiger partial charge < -0.3 is 25.4 Å². The molecule has 1 aromatic heterocycles. The van der Waals surface area contributed by atoms with Crippen LogP contribution >= 0.6 is 11.5 Å². The summed E-state index contributed by atoms with van der Waals surface area (Å²) in [6.45, 7) is 5.13. The number of carbonyl (C=O) groups excluding carboxylic acids is 1. The van der Waals surface area contributed by atoms with Gasteiger partial charge in [-0.15, -0.1) is 0 Å². The zero-order chi connectivity index (χ0) is 15.0. The van der Waals surface area contributed by atoms with Gasteiger partial charge in [-0.2, -0.15) is 4.37 Å². The average molecular weight is 302 g/mol. The van der Waals surface area contributed by atoms with Crippen molar-refractivity contribution in [2.75, 3.05) is 58.1 Å². The minimum atomic E-state index is -0.436. The summed E-state index contributed by atoms with van der Waals surface area (Å²) in [5, 5.41) is 3.83. The zero-order valence-electron chi connectivity index (χ0n) is 12.1. The Morgan fingerprint density at radius 1 is 1.50 bits per heavy atom. The van der Waals surface area contributed by atoms with Gasteiger partial charge in [0.15, 0.2) is 5.82 Å². The summed E-state index contributed by atoms with van der Waals surface area (Å²) in [4.78, 5) is 13.9. The first-order valence-electron chi connectivity index (χ1n) is 6.43. The first-order valence-corrected chi connectivity index (χ1v) is 7.21. The van der Waals surface area contributed by atoms with Crippen LogP contribution in [-0.4, -0.2) is 62.2 Å². The number of hydrogen-bond acceptors (Lipinski definition) is 8. The first kappa shape index (κ1) is 16.7. The molecular weight excluding hydrogens is 280 g/mol. The van der Waals surface area contributed by atoms with E-state index in [1.807, 2.05) is 7.05 Å². The number of aromatic nitrogens is 1. The highest BCUT2D eigenvalue weighted by atomic mass is 32.1. The highest BCUT2D eigenvalue weighted by Crippen LogP contribution is 2.27. The number of ether oxygens (including phenoxy) is 2. The van der Waals surface area contributed by atoms with Crippen molar-refractivity contribution in [3.8, 4) is 0 Å². The molecule has 0 saturated heterocycles. The maximum Gasteiger partial charge on any atom is 0.344 e. The molecule has 0 saturated carbocycles. The first-order chi connectivity index (χ1) is 9.60. The van der Waals surface area contributed by atoms with Crippen molar-refractivity contribution >= 4 is 28.3 Å². The van der Waals surface area contributed by atoms with Crippen molar-refractivity contribution < 1.29 is 14.3 Å². The number of nitrogens with zero attached hydrogens (tertiary/aromatic N) is 2. The fourth-order valence-corrected chi connectivity index (χ4v) is 2.27. The van der Waals surface area contributed by atoms with Crippen LogP contribution in [0, 0.1) is 0 Å². The van der Waals surface area contributed by atoms with E-state index in [9.17, 15) is 4.79 Å². The second-order valence-corrected chi connectivity index (χ2v) is 4.99.